The van der Waals surface area contributed by atoms with E-state index in [9.17, 15) is 10.2 Å². The van der Waals surface area contributed by atoms with E-state index < -0.39 is 17.4 Å². The predicted molar refractivity (Wildman–Crippen MR) is 101 cm³/mol. The van der Waals surface area contributed by atoms with Crippen LogP contribution in [0.3, 0.4) is 0 Å². The number of benzene rings is 1. The number of hydrogen-bond donors (Lipinski definition) is 3. The molecule has 4 N–H and O–H groups in total. The first-order valence-corrected chi connectivity index (χ1v) is 9.01. The lowest BCUT2D eigenvalue weighted by Crippen LogP contribution is -2.41. The smallest absolute Gasteiger partial charge is 0.247 e. The minimum Gasteiger partial charge on any atom is -0.471 e. The monoisotopic (exact) mass is 385 g/mol. The van der Waals surface area contributed by atoms with Crippen LogP contribution in [0.25, 0.3) is 11.2 Å². The summed E-state index contributed by atoms with van der Waals surface area (Å²) in [6.45, 7) is 3.48. The van der Waals surface area contributed by atoms with E-state index in [1.807, 2.05) is 30.3 Å². The lowest BCUT2D eigenvalue weighted by atomic mass is 9.99. The van der Waals surface area contributed by atoms with Gasteiger partial charge in [0.2, 0.25) is 11.8 Å². The number of ether oxygens (including phenoxy) is 2. The fraction of sp³-hybridized carbons (Fsp3) is 0.421. The van der Waals surface area contributed by atoms with Crippen molar-refractivity contribution in [2.45, 2.75) is 44.3 Å². The Hall–Kier alpha value is -2.75. The van der Waals surface area contributed by atoms with Crippen LogP contribution in [0.15, 0.2) is 36.7 Å². The van der Waals surface area contributed by atoms with Gasteiger partial charge in [0.15, 0.2) is 11.2 Å². The van der Waals surface area contributed by atoms with Gasteiger partial charge >= 0.3 is 0 Å². The quantitative estimate of drug-likeness (QED) is 0.597. The number of nitrogen functional groups attached to an aromatic ring is 1. The summed E-state index contributed by atoms with van der Waals surface area (Å²) in [6, 6.07) is 9.69. The average Bonchev–Trinajstić information content (AvgIpc) is 3.20. The molecule has 0 amide bonds. The molecule has 9 heteroatoms. The van der Waals surface area contributed by atoms with Gasteiger partial charge in [0, 0.05) is 6.42 Å². The van der Waals surface area contributed by atoms with Crippen LogP contribution in [-0.2, 0) is 17.1 Å². The van der Waals surface area contributed by atoms with Crippen molar-refractivity contribution in [1.82, 2.24) is 19.5 Å². The molecule has 0 radical (unpaired) electrons. The number of nitrogens with two attached hydrogens (primary N) is 1. The second-order valence-electron chi connectivity index (χ2n) is 7.42. The molecule has 1 fully saturated rings. The third-order valence-corrected chi connectivity index (χ3v) is 5.15. The third kappa shape index (κ3) is 3.07. The summed E-state index contributed by atoms with van der Waals surface area (Å²) >= 11 is 0. The fourth-order valence-electron chi connectivity index (χ4n) is 3.53. The van der Waals surface area contributed by atoms with Crippen molar-refractivity contribution in [1.29, 1.82) is 0 Å². The van der Waals surface area contributed by atoms with Gasteiger partial charge in [0.05, 0.1) is 19.0 Å². The summed E-state index contributed by atoms with van der Waals surface area (Å²) in [5.74, 6) is 0.321. The Labute approximate surface area is 161 Å². The number of imidazole rings is 1. The van der Waals surface area contributed by atoms with Crippen LogP contribution in [0.5, 0.6) is 5.88 Å². The molecule has 3 unspecified atom stereocenters. The fourth-order valence-corrected chi connectivity index (χ4v) is 3.53. The van der Waals surface area contributed by atoms with E-state index in [1.54, 1.807) is 24.7 Å². The van der Waals surface area contributed by atoms with Gasteiger partial charge in [0.25, 0.3) is 0 Å². The minimum absolute atomic E-state index is 0.0457. The van der Waals surface area contributed by atoms with E-state index >= 15 is 0 Å². The molecule has 3 heterocycles. The van der Waals surface area contributed by atoms with Crippen molar-refractivity contribution in [3.63, 3.8) is 0 Å². The highest BCUT2D eigenvalue weighted by Gasteiger charge is 2.52. The number of anilines is 1. The molecule has 28 heavy (non-hydrogen) atoms. The molecule has 0 saturated carbocycles. The van der Waals surface area contributed by atoms with Gasteiger partial charge in [-0.05, 0) is 19.4 Å². The molecular formula is C19H23N5O4. The molecule has 1 aromatic carbocycles. The molecule has 0 aliphatic carbocycles. The van der Waals surface area contributed by atoms with Crippen molar-refractivity contribution in [3.8, 4) is 5.88 Å². The number of aromatic nitrogens is 4. The molecule has 1 aliphatic rings. The molecule has 9 nitrogen and oxygen atoms in total. The molecule has 148 valence electrons. The van der Waals surface area contributed by atoms with Crippen molar-refractivity contribution >= 4 is 17.1 Å². The van der Waals surface area contributed by atoms with Crippen LogP contribution in [0.4, 0.5) is 5.95 Å². The summed E-state index contributed by atoms with van der Waals surface area (Å²) in [5, 5.41) is 20.0. The molecule has 1 aliphatic heterocycles. The number of rotatable bonds is 5. The SMILES string of the molecule is CC1(CO)OC(C)(n2cnc3c(OCc4ccccc4)nc(N)nc32)CC1O. The standard InChI is InChI=1S/C19H23N5O4/c1-18(10-25)13(26)8-19(2,28-18)24-11-21-14-15(24)22-17(20)23-16(14)27-9-12-6-4-3-5-7-12/h3-7,11,13,25-26H,8-10H2,1-2H3,(H2,20,22,23). The number of aliphatic hydroxyl groups is 2. The van der Waals surface area contributed by atoms with Crippen LogP contribution in [-0.4, -0.2) is 48.0 Å². The van der Waals surface area contributed by atoms with E-state index in [4.69, 9.17) is 15.2 Å². The maximum Gasteiger partial charge on any atom is 0.247 e. The second kappa shape index (κ2) is 6.69. The lowest BCUT2D eigenvalue weighted by Gasteiger charge is -2.30. The van der Waals surface area contributed by atoms with Gasteiger partial charge in [-0.25, -0.2) is 4.98 Å². The van der Waals surface area contributed by atoms with Crippen molar-refractivity contribution in [2.24, 2.45) is 0 Å². The number of aliphatic hydroxyl groups excluding tert-OH is 2. The summed E-state index contributed by atoms with van der Waals surface area (Å²) in [7, 11) is 0. The molecule has 3 atom stereocenters. The maximum atomic E-state index is 10.4. The number of hydrogen-bond acceptors (Lipinski definition) is 8. The normalized spacial score (nSPS) is 27.4. The van der Waals surface area contributed by atoms with Gasteiger partial charge in [0.1, 0.15) is 17.9 Å². The Morgan fingerprint density at radius 3 is 2.71 bits per heavy atom. The number of fused-ring (bicyclic) bond motifs is 1. The summed E-state index contributed by atoms with van der Waals surface area (Å²) in [4.78, 5) is 12.9. The summed E-state index contributed by atoms with van der Waals surface area (Å²) in [5.41, 5.74) is 5.74. The van der Waals surface area contributed by atoms with Crippen LogP contribution >= 0.6 is 0 Å². The summed E-state index contributed by atoms with van der Waals surface area (Å²) in [6.07, 6.45) is 0.983. The number of nitrogens with zero attached hydrogens (tertiary/aromatic N) is 4. The van der Waals surface area contributed by atoms with Gasteiger partial charge in [-0.15, -0.1) is 0 Å². The first kappa shape index (κ1) is 18.6. The largest absolute Gasteiger partial charge is 0.471 e. The highest BCUT2D eigenvalue weighted by molar-refractivity contribution is 5.77. The minimum atomic E-state index is -1.07. The predicted octanol–water partition coefficient (Wildman–Crippen LogP) is 1.19. The molecule has 0 spiro atoms. The molecule has 0 bridgehead atoms. The second-order valence-corrected chi connectivity index (χ2v) is 7.42. The topological polar surface area (TPSA) is 129 Å². The average molecular weight is 385 g/mol. The zero-order chi connectivity index (χ0) is 19.9. The van der Waals surface area contributed by atoms with Crippen molar-refractivity contribution in [3.05, 3.63) is 42.2 Å². The molecule has 1 saturated heterocycles. The van der Waals surface area contributed by atoms with Crippen LogP contribution in [0.1, 0.15) is 25.8 Å². The van der Waals surface area contributed by atoms with Crippen molar-refractivity contribution in [2.75, 3.05) is 12.3 Å². The zero-order valence-electron chi connectivity index (χ0n) is 15.7. The van der Waals surface area contributed by atoms with E-state index in [2.05, 4.69) is 15.0 Å². The molecule has 2 aromatic heterocycles. The molecule has 3 aromatic rings. The van der Waals surface area contributed by atoms with Crippen LogP contribution in [0.2, 0.25) is 0 Å². The van der Waals surface area contributed by atoms with Gasteiger partial charge in [-0.1, -0.05) is 30.3 Å². The molecule has 4 rings (SSSR count). The Kier molecular flexibility index (Phi) is 4.45. The maximum absolute atomic E-state index is 10.4. The Morgan fingerprint density at radius 1 is 1.29 bits per heavy atom. The highest BCUT2D eigenvalue weighted by atomic mass is 16.6. The zero-order valence-corrected chi connectivity index (χ0v) is 15.7. The highest BCUT2D eigenvalue weighted by Crippen LogP contribution is 2.42. The van der Waals surface area contributed by atoms with E-state index in [1.165, 1.54) is 0 Å². The van der Waals surface area contributed by atoms with E-state index in [-0.39, 0.29) is 24.9 Å². The Bertz CT molecular complexity index is 995. The third-order valence-electron chi connectivity index (χ3n) is 5.15. The van der Waals surface area contributed by atoms with Crippen molar-refractivity contribution < 1.29 is 19.7 Å². The van der Waals surface area contributed by atoms with Crippen LogP contribution in [0, 0.1) is 0 Å². The first-order valence-electron chi connectivity index (χ1n) is 9.01. The van der Waals surface area contributed by atoms with Gasteiger partial charge in [-0.3, -0.25) is 4.57 Å². The van der Waals surface area contributed by atoms with Gasteiger partial charge < -0.3 is 25.4 Å². The van der Waals surface area contributed by atoms with Crippen LogP contribution < -0.4 is 10.5 Å². The van der Waals surface area contributed by atoms with E-state index in [0.29, 0.717) is 17.8 Å². The Balaban J connectivity index is 1.70. The Morgan fingerprint density at radius 2 is 2.04 bits per heavy atom. The lowest BCUT2D eigenvalue weighted by molar-refractivity contribution is -0.159. The van der Waals surface area contributed by atoms with Gasteiger partial charge in [-0.2, -0.15) is 9.97 Å². The first-order chi connectivity index (χ1) is 13.3. The molecular weight excluding hydrogens is 362 g/mol. The van der Waals surface area contributed by atoms with E-state index in [0.717, 1.165) is 5.56 Å². The summed E-state index contributed by atoms with van der Waals surface area (Å²) < 4.78 is 13.6.